The van der Waals surface area contributed by atoms with Gasteiger partial charge in [-0.05, 0) is 31.5 Å². The van der Waals surface area contributed by atoms with Crippen molar-refractivity contribution in [3.63, 3.8) is 0 Å². The standard InChI is InChI=1S/C18H12N4O5S/c1-7-11(8(2)23)12(9-3-5-10(6-4-9)22(26)27)13-14-15(28-17(13)19-7)16(24)21-18(25)20-14/h3-6H,1-2H3,(H2,20,21,24,25). The molecule has 0 unspecified atom stereocenters. The number of Topliss-reactive ketones (excluding diaryl/α,β-unsaturated/α-hetero) is 1. The van der Waals surface area contributed by atoms with Gasteiger partial charge in [-0.25, -0.2) is 9.78 Å². The van der Waals surface area contributed by atoms with Gasteiger partial charge in [-0.1, -0.05) is 0 Å². The van der Waals surface area contributed by atoms with Crippen LogP contribution in [0.5, 0.6) is 0 Å². The van der Waals surface area contributed by atoms with E-state index in [0.29, 0.717) is 32.6 Å². The van der Waals surface area contributed by atoms with E-state index in [1.165, 1.54) is 31.2 Å². The average molecular weight is 396 g/mol. The van der Waals surface area contributed by atoms with Crippen LogP contribution in [0.2, 0.25) is 0 Å². The van der Waals surface area contributed by atoms with E-state index in [9.17, 15) is 24.5 Å². The van der Waals surface area contributed by atoms with Gasteiger partial charge in [0.05, 0.1) is 16.1 Å². The summed E-state index contributed by atoms with van der Waals surface area (Å²) in [5, 5.41) is 11.4. The van der Waals surface area contributed by atoms with Gasteiger partial charge in [-0.2, -0.15) is 0 Å². The number of pyridine rings is 1. The number of thiophene rings is 1. The van der Waals surface area contributed by atoms with Crippen LogP contribution >= 0.6 is 11.3 Å². The fourth-order valence-electron chi connectivity index (χ4n) is 3.30. The maximum absolute atomic E-state index is 12.4. The van der Waals surface area contributed by atoms with Crippen LogP contribution in [-0.4, -0.2) is 25.7 Å². The van der Waals surface area contributed by atoms with Gasteiger partial charge >= 0.3 is 5.69 Å². The molecule has 4 rings (SSSR count). The first-order valence-corrected chi connectivity index (χ1v) is 8.94. The van der Waals surface area contributed by atoms with Crippen molar-refractivity contribution in [1.29, 1.82) is 0 Å². The second-order valence-corrected chi connectivity index (χ2v) is 7.20. The van der Waals surface area contributed by atoms with Crippen LogP contribution in [0.15, 0.2) is 33.9 Å². The van der Waals surface area contributed by atoms with Crippen LogP contribution < -0.4 is 11.2 Å². The molecule has 2 N–H and O–H groups in total. The number of aromatic amines is 2. The SMILES string of the molecule is CC(=O)c1c(C)nc2sc3c(=O)[nH]c(=O)[nH]c3c2c1-c1ccc([N+](=O)[O-])cc1. The quantitative estimate of drug-likeness (QED) is 0.310. The smallest absolute Gasteiger partial charge is 0.305 e. The number of benzene rings is 1. The third kappa shape index (κ3) is 2.62. The molecular weight excluding hydrogens is 384 g/mol. The number of non-ortho nitro benzene ring substituents is 1. The van der Waals surface area contributed by atoms with Crippen molar-refractivity contribution in [2.45, 2.75) is 13.8 Å². The van der Waals surface area contributed by atoms with Crippen molar-refractivity contribution in [3.8, 4) is 11.1 Å². The lowest BCUT2D eigenvalue weighted by molar-refractivity contribution is -0.384. The number of rotatable bonds is 3. The summed E-state index contributed by atoms with van der Waals surface area (Å²) >= 11 is 1.10. The monoisotopic (exact) mass is 396 g/mol. The molecule has 0 bridgehead atoms. The summed E-state index contributed by atoms with van der Waals surface area (Å²) < 4.78 is 0.283. The van der Waals surface area contributed by atoms with E-state index in [1.807, 2.05) is 0 Å². The number of nitrogens with zero attached hydrogens (tertiary/aromatic N) is 2. The third-order valence-electron chi connectivity index (χ3n) is 4.41. The fraction of sp³-hybridized carbons (Fsp3) is 0.111. The van der Waals surface area contributed by atoms with E-state index in [2.05, 4.69) is 15.0 Å². The summed E-state index contributed by atoms with van der Waals surface area (Å²) in [5.41, 5.74) is 0.827. The molecule has 0 aliphatic carbocycles. The Hall–Kier alpha value is -3.66. The Morgan fingerprint density at radius 2 is 1.86 bits per heavy atom. The summed E-state index contributed by atoms with van der Waals surface area (Å²) in [4.78, 5) is 56.6. The predicted molar refractivity (Wildman–Crippen MR) is 105 cm³/mol. The zero-order valence-electron chi connectivity index (χ0n) is 14.7. The maximum atomic E-state index is 12.4. The van der Waals surface area contributed by atoms with Crippen molar-refractivity contribution in [1.82, 2.24) is 15.0 Å². The summed E-state index contributed by atoms with van der Waals surface area (Å²) in [6, 6.07) is 5.75. The minimum atomic E-state index is -0.670. The van der Waals surface area contributed by atoms with Gasteiger partial charge in [0.2, 0.25) is 0 Å². The number of nitro benzene ring substituents is 1. The van der Waals surface area contributed by atoms with Crippen molar-refractivity contribution >= 4 is 43.2 Å². The lowest BCUT2D eigenvalue weighted by Crippen LogP contribution is -2.20. The molecule has 0 amide bonds. The Kier molecular flexibility index (Phi) is 3.93. The van der Waals surface area contributed by atoms with Gasteiger partial charge in [-0.15, -0.1) is 11.3 Å². The molecule has 0 fully saturated rings. The summed E-state index contributed by atoms with van der Waals surface area (Å²) in [6.45, 7) is 3.08. The third-order valence-corrected chi connectivity index (χ3v) is 5.49. The number of carbonyl (C=O) groups excluding carboxylic acids is 1. The number of carbonyl (C=O) groups is 1. The average Bonchev–Trinajstić information content (AvgIpc) is 2.98. The number of H-pyrrole nitrogens is 2. The number of hydrogen-bond donors (Lipinski definition) is 2. The highest BCUT2D eigenvalue weighted by Crippen LogP contribution is 2.40. The highest BCUT2D eigenvalue weighted by Gasteiger charge is 2.23. The van der Waals surface area contributed by atoms with Crippen molar-refractivity contribution in [2.75, 3.05) is 0 Å². The highest BCUT2D eigenvalue weighted by molar-refractivity contribution is 7.25. The lowest BCUT2D eigenvalue weighted by Gasteiger charge is -2.12. The Morgan fingerprint density at radius 1 is 1.18 bits per heavy atom. The second kappa shape index (κ2) is 6.20. The molecule has 0 saturated carbocycles. The Labute approximate surface area is 159 Å². The lowest BCUT2D eigenvalue weighted by atomic mass is 9.93. The van der Waals surface area contributed by atoms with E-state index in [-0.39, 0.29) is 21.7 Å². The van der Waals surface area contributed by atoms with Crippen LogP contribution in [0.4, 0.5) is 5.69 Å². The molecule has 0 radical (unpaired) electrons. The number of fused-ring (bicyclic) bond motifs is 3. The van der Waals surface area contributed by atoms with Crippen LogP contribution in [-0.2, 0) is 0 Å². The molecule has 10 heteroatoms. The predicted octanol–water partition coefficient (Wildman–Crippen LogP) is 2.91. The van der Waals surface area contributed by atoms with E-state index >= 15 is 0 Å². The van der Waals surface area contributed by atoms with E-state index < -0.39 is 16.2 Å². The Balaban J connectivity index is 2.22. The number of aryl methyl sites for hydroxylation is 1. The minimum Gasteiger partial charge on any atom is -0.305 e. The first kappa shape index (κ1) is 17.7. The Morgan fingerprint density at radius 3 is 2.46 bits per heavy atom. The first-order chi connectivity index (χ1) is 13.3. The number of ketones is 1. The second-order valence-electron chi connectivity index (χ2n) is 6.20. The van der Waals surface area contributed by atoms with Gasteiger partial charge < -0.3 is 4.98 Å². The zero-order valence-corrected chi connectivity index (χ0v) is 15.5. The minimum absolute atomic E-state index is 0.0878. The van der Waals surface area contributed by atoms with Crippen molar-refractivity contribution < 1.29 is 9.72 Å². The van der Waals surface area contributed by atoms with Gasteiger partial charge in [0.15, 0.2) is 5.78 Å². The molecule has 9 nitrogen and oxygen atoms in total. The van der Waals surface area contributed by atoms with Crippen LogP contribution in [0, 0.1) is 17.0 Å². The number of nitrogens with one attached hydrogen (secondary N) is 2. The number of hydrogen-bond acceptors (Lipinski definition) is 7. The van der Waals surface area contributed by atoms with Crippen LogP contribution in [0.3, 0.4) is 0 Å². The van der Waals surface area contributed by atoms with Gasteiger partial charge in [0, 0.05) is 28.6 Å². The molecular formula is C18H12N4O5S. The topological polar surface area (TPSA) is 139 Å². The largest absolute Gasteiger partial charge is 0.326 e. The molecule has 0 atom stereocenters. The molecule has 28 heavy (non-hydrogen) atoms. The van der Waals surface area contributed by atoms with Crippen molar-refractivity contribution in [3.05, 3.63) is 66.5 Å². The number of nitro groups is 1. The number of aromatic nitrogens is 3. The molecule has 0 aliphatic heterocycles. The van der Waals surface area contributed by atoms with E-state index in [4.69, 9.17) is 0 Å². The molecule has 3 aromatic heterocycles. The molecule has 4 aromatic rings. The molecule has 0 aliphatic rings. The molecule has 0 spiro atoms. The molecule has 1 aromatic carbocycles. The van der Waals surface area contributed by atoms with Crippen LogP contribution in [0.25, 0.3) is 31.6 Å². The van der Waals surface area contributed by atoms with Crippen molar-refractivity contribution in [2.24, 2.45) is 0 Å². The Bertz CT molecular complexity index is 1410. The first-order valence-electron chi connectivity index (χ1n) is 8.13. The zero-order chi connectivity index (χ0) is 20.2. The van der Waals surface area contributed by atoms with E-state index in [1.54, 1.807) is 6.92 Å². The van der Waals surface area contributed by atoms with Gasteiger partial charge in [0.1, 0.15) is 9.53 Å². The molecule has 0 saturated heterocycles. The molecule has 3 heterocycles. The summed E-state index contributed by atoms with van der Waals surface area (Å²) in [6.07, 6.45) is 0. The normalized spacial score (nSPS) is 11.2. The van der Waals surface area contributed by atoms with Gasteiger partial charge in [-0.3, -0.25) is 24.7 Å². The summed E-state index contributed by atoms with van der Waals surface area (Å²) in [5.74, 6) is -0.244. The van der Waals surface area contributed by atoms with E-state index in [0.717, 1.165) is 11.3 Å². The van der Waals surface area contributed by atoms with Crippen LogP contribution in [0.1, 0.15) is 23.0 Å². The molecule has 140 valence electrons. The maximum Gasteiger partial charge on any atom is 0.326 e. The fourth-order valence-corrected chi connectivity index (χ4v) is 4.38. The highest BCUT2D eigenvalue weighted by atomic mass is 32.1. The summed E-state index contributed by atoms with van der Waals surface area (Å²) in [7, 11) is 0. The van der Waals surface area contributed by atoms with Gasteiger partial charge in [0.25, 0.3) is 11.2 Å².